The molecule has 6 heteroatoms. The number of anilines is 1. The summed E-state index contributed by atoms with van der Waals surface area (Å²) >= 11 is 1.28. The molecule has 0 spiro atoms. The standard InChI is InChI=1S/C11H9FN2O2S/c1-6-5-17-11(13-6)14-10(16)8-3-2-7(12)4-9(8)15/h2-5,15H,1H3,(H,13,14,16). The zero-order chi connectivity index (χ0) is 12.4. The summed E-state index contributed by atoms with van der Waals surface area (Å²) in [7, 11) is 0. The number of hydrogen-bond donors (Lipinski definition) is 2. The Morgan fingerprint density at radius 3 is 2.88 bits per heavy atom. The fourth-order valence-electron chi connectivity index (χ4n) is 1.27. The summed E-state index contributed by atoms with van der Waals surface area (Å²) in [4.78, 5) is 15.8. The third kappa shape index (κ3) is 2.59. The van der Waals surface area contributed by atoms with E-state index in [0.29, 0.717) is 5.13 Å². The summed E-state index contributed by atoms with van der Waals surface area (Å²) in [5.74, 6) is -1.50. The number of hydrogen-bond acceptors (Lipinski definition) is 4. The second-order valence-electron chi connectivity index (χ2n) is 3.41. The van der Waals surface area contributed by atoms with E-state index in [1.807, 2.05) is 6.92 Å². The minimum atomic E-state index is -0.593. The Bertz CT molecular complexity index is 568. The maximum Gasteiger partial charge on any atom is 0.261 e. The van der Waals surface area contributed by atoms with E-state index in [-0.39, 0.29) is 5.56 Å². The van der Waals surface area contributed by atoms with Crippen molar-refractivity contribution in [3.8, 4) is 5.75 Å². The zero-order valence-electron chi connectivity index (χ0n) is 8.90. The lowest BCUT2D eigenvalue weighted by atomic mass is 10.2. The molecular formula is C11H9FN2O2S. The largest absolute Gasteiger partial charge is 0.507 e. The molecule has 1 aromatic heterocycles. The first-order valence-electron chi connectivity index (χ1n) is 4.78. The Labute approximate surface area is 101 Å². The molecule has 0 unspecified atom stereocenters. The second kappa shape index (κ2) is 4.50. The number of nitrogens with one attached hydrogen (secondary N) is 1. The number of carbonyl (C=O) groups is 1. The maximum absolute atomic E-state index is 12.7. The van der Waals surface area contributed by atoms with E-state index in [1.165, 1.54) is 17.4 Å². The Kier molecular flexibility index (Phi) is 3.06. The molecule has 1 heterocycles. The first-order valence-corrected chi connectivity index (χ1v) is 5.66. The molecule has 0 aliphatic carbocycles. The van der Waals surface area contributed by atoms with Gasteiger partial charge < -0.3 is 5.11 Å². The Balaban J connectivity index is 2.20. The van der Waals surface area contributed by atoms with Crippen LogP contribution >= 0.6 is 11.3 Å². The highest BCUT2D eigenvalue weighted by Crippen LogP contribution is 2.21. The van der Waals surface area contributed by atoms with Gasteiger partial charge in [-0.1, -0.05) is 0 Å². The van der Waals surface area contributed by atoms with Crippen molar-refractivity contribution in [2.45, 2.75) is 6.92 Å². The van der Waals surface area contributed by atoms with Crippen LogP contribution in [0.25, 0.3) is 0 Å². The summed E-state index contributed by atoms with van der Waals surface area (Å²) in [5.41, 5.74) is 0.813. The summed E-state index contributed by atoms with van der Waals surface area (Å²) in [6.07, 6.45) is 0. The third-order valence-electron chi connectivity index (χ3n) is 2.04. The van der Waals surface area contributed by atoms with Crippen molar-refractivity contribution >= 4 is 22.4 Å². The molecule has 0 aliphatic heterocycles. The van der Waals surface area contributed by atoms with Gasteiger partial charge >= 0.3 is 0 Å². The summed E-state index contributed by atoms with van der Waals surface area (Å²) in [5, 5.41) is 14.2. The molecule has 2 aromatic rings. The minimum absolute atomic E-state index is 0.0132. The number of phenolic OH excluding ortho intramolecular Hbond substituents is 1. The smallest absolute Gasteiger partial charge is 0.261 e. The van der Waals surface area contributed by atoms with E-state index < -0.39 is 17.5 Å². The molecule has 0 bridgehead atoms. The zero-order valence-corrected chi connectivity index (χ0v) is 9.71. The monoisotopic (exact) mass is 252 g/mol. The van der Waals surface area contributed by atoms with Gasteiger partial charge in [-0.15, -0.1) is 11.3 Å². The highest BCUT2D eigenvalue weighted by atomic mass is 32.1. The SMILES string of the molecule is Cc1csc(NC(=O)c2ccc(F)cc2O)n1. The molecule has 0 saturated heterocycles. The van der Waals surface area contributed by atoms with Crippen molar-refractivity contribution in [2.24, 2.45) is 0 Å². The number of thiazole rings is 1. The van der Waals surface area contributed by atoms with E-state index in [4.69, 9.17) is 0 Å². The molecule has 0 fully saturated rings. The maximum atomic E-state index is 12.7. The molecular weight excluding hydrogens is 243 g/mol. The summed E-state index contributed by atoms with van der Waals surface area (Å²) in [6.45, 7) is 1.81. The molecule has 2 rings (SSSR count). The van der Waals surface area contributed by atoms with E-state index in [9.17, 15) is 14.3 Å². The number of amides is 1. The molecule has 0 atom stereocenters. The number of halogens is 1. The van der Waals surface area contributed by atoms with Crippen LogP contribution in [0.2, 0.25) is 0 Å². The van der Waals surface area contributed by atoms with Crippen LogP contribution in [0, 0.1) is 12.7 Å². The van der Waals surface area contributed by atoms with Crippen molar-refractivity contribution in [3.05, 3.63) is 40.7 Å². The van der Waals surface area contributed by atoms with Crippen LogP contribution in [0.5, 0.6) is 5.75 Å². The lowest BCUT2D eigenvalue weighted by Crippen LogP contribution is -2.12. The van der Waals surface area contributed by atoms with Gasteiger partial charge in [-0.2, -0.15) is 0 Å². The van der Waals surface area contributed by atoms with Gasteiger partial charge in [-0.25, -0.2) is 9.37 Å². The lowest BCUT2D eigenvalue weighted by molar-refractivity contribution is 0.102. The van der Waals surface area contributed by atoms with Crippen LogP contribution < -0.4 is 5.32 Å². The molecule has 0 radical (unpaired) electrons. The normalized spacial score (nSPS) is 10.2. The number of nitrogens with zero attached hydrogens (tertiary/aromatic N) is 1. The summed E-state index contributed by atoms with van der Waals surface area (Å²) < 4.78 is 12.7. The number of aromatic nitrogens is 1. The molecule has 1 aromatic carbocycles. The van der Waals surface area contributed by atoms with Crippen LogP contribution in [-0.4, -0.2) is 16.0 Å². The van der Waals surface area contributed by atoms with Crippen LogP contribution in [0.15, 0.2) is 23.6 Å². The van der Waals surface area contributed by atoms with Gasteiger partial charge in [0, 0.05) is 11.4 Å². The van der Waals surface area contributed by atoms with Crippen molar-refractivity contribution in [2.75, 3.05) is 5.32 Å². The number of aromatic hydroxyl groups is 1. The van der Waals surface area contributed by atoms with Crippen LogP contribution in [-0.2, 0) is 0 Å². The molecule has 2 N–H and O–H groups in total. The highest BCUT2D eigenvalue weighted by molar-refractivity contribution is 7.13. The molecule has 88 valence electrons. The summed E-state index contributed by atoms with van der Waals surface area (Å²) in [6, 6.07) is 3.23. The van der Waals surface area contributed by atoms with Crippen LogP contribution in [0.4, 0.5) is 9.52 Å². The van der Waals surface area contributed by atoms with Crippen LogP contribution in [0.1, 0.15) is 16.1 Å². The Morgan fingerprint density at radius 1 is 1.53 bits per heavy atom. The second-order valence-corrected chi connectivity index (χ2v) is 4.27. The molecule has 0 saturated carbocycles. The average molecular weight is 252 g/mol. The van der Waals surface area contributed by atoms with Gasteiger partial charge in [-0.3, -0.25) is 10.1 Å². The first-order chi connectivity index (χ1) is 8.06. The van der Waals surface area contributed by atoms with Crippen molar-refractivity contribution in [1.29, 1.82) is 0 Å². The van der Waals surface area contributed by atoms with Gasteiger partial charge in [0.05, 0.1) is 11.3 Å². The van der Waals surface area contributed by atoms with E-state index in [0.717, 1.165) is 17.8 Å². The number of aryl methyl sites for hydroxylation is 1. The van der Waals surface area contributed by atoms with Gasteiger partial charge in [-0.05, 0) is 19.1 Å². The van der Waals surface area contributed by atoms with Crippen molar-refractivity contribution < 1.29 is 14.3 Å². The fourth-order valence-corrected chi connectivity index (χ4v) is 1.96. The fraction of sp³-hybridized carbons (Fsp3) is 0.0909. The van der Waals surface area contributed by atoms with E-state index in [1.54, 1.807) is 5.38 Å². The predicted octanol–water partition coefficient (Wildman–Crippen LogP) is 2.55. The topological polar surface area (TPSA) is 62.2 Å². The lowest BCUT2D eigenvalue weighted by Gasteiger charge is -2.03. The number of rotatable bonds is 2. The van der Waals surface area contributed by atoms with Crippen molar-refractivity contribution in [3.63, 3.8) is 0 Å². The average Bonchev–Trinajstić information content (AvgIpc) is 2.63. The molecule has 1 amide bonds. The van der Waals surface area contributed by atoms with Crippen LogP contribution in [0.3, 0.4) is 0 Å². The number of phenols is 1. The van der Waals surface area contributed by atoms with E-state index >= 15 is 0 Å². The quantitative estimate of drug-likeness (QED) is 0.863. The highest BCUT2D eigenvalue weighted by Gasteiger charge is 2.13. The number of carbonyl (C=O) groups excluding carboxylic acids is 1. The third-order valence-corrected chi connectivity index (χ3v) is 2.92. The first kappa shape index (κ1) is 11.5. The molecule has 0 aliphatic rings. The van der Waals surface area contributed by atoms with Gasteiger partial charge in [0.1, 0.15) is 11.6 Å². The van der Waals surface area contributed by atoms with Gasteiger partial charge in [0.2, 0.25) is 0 Å². The van der Waals surface area contributed by atoms with Crippen molar-refractivity contribution in [1.82, 2.24) is 4.98 Å². The predicted molar refractivity (Wildman–Crippen MR) is 62.9 cm³/mol. The minimum Gasteiger partial charge on any atom is -0.507 e. The molecule has 4 nitrogen and oxygen atoms in total. The Hall–Kier alpha value is -1.95. The van der Waals surface area contributed by atoms with Gasteiger partial charge in [0.15, 0.2) is 5.13 Å². The van der Waals surface area contributed by atoms with E-state index in [2.05, 4.69) is 10.3 Å². The number of benzene rings is 1. The van der Waals surface area contributed by atoms with Gasteiger partial charge in [0.25, 0.3) is 5.91 Å². The molecule has 17 heavy (non-hydrogen) atoms. The Morgan fingerprint density at radius 2 is 2.29 bits per heavy atom.